The standard InChI is InChI=1S/C5H10O5/c6-1-5(9)2-10-4(8)3(5)7/h3-4,6-9H,1-2H2/t3-,4+,5?/m0/s1. The van der Waals surface area contributed by atoms with Gasteiger partial charge in [0.2, 0.25) is 0 Å². The van der Waals surface area contributed by atoms with E-state index in [1.807, 2.05) is 0 Å². The van der Waals surface area contributed by atoms with Gasteiger partial charge in [-0.25, -0.2) is 0 Å². The Kier molecular flexibility index (Phi) is 1.93. The minimum atomic E-state index is -1.70. The van der Waals surface area contributed by atoms with Gasteiger partial charge in [0.1, 0.15) is 11.7 Å². The Balaban J connectivity index is 2.64. The third-order valence-corrected chi connectivity index (χ3v) is 1.60. The molecule has 1 saturated heterocycles. The first-order chi connectivity index (χ1) is 4.60. The summed E-state index contributed by atoms with van der Waals surface area (Å²) in [6.07, 6.45) is -2.81. The summed E-state index contributed by atoms with van der Waals surface area (Å²) in [6, 6.07) is 0. The Hall–Kier alpha value is -0.200. The Labute approximate surface area is 57.5 Å². The van der Waals surface area contributed by atoms with Crippen molar-refractivity contribution in [2.75, 3.05) is 13.2 Å². The molecule has 0 aliphatic carbocycles. The van der Waals surface area contributed by atoms with Crippen LogP contribution in [0.4, 0.5) is 0 Å². The maximum absolute atomic E-state index is 9.15. The quantitative estimate of drug-likeness (QED) is 0.329. The lowest BCUT2D eigenvalue weighted by Gasteiger charge is -2.21. The molecule has 5 nitrogen and oxygen atoms in total. The van der Waals surface area contributed by atoms with Gasteiger partial charge in [-0.15, -0.1) is 0 Å². The number of aliphatic hydroxyl groups is 4. The molecule has 0 aromatic heterocycles. The van der Waals surface area contributed by atoms with Gasteiger partial charge in [-0.1, -0.05) is 0 Å². The molecule has 0 amide bonds. The van der Waals surface area contributed by atoms with Crippen LogP contribution in [-0.4, -0.2) is 51.6 Å². The second-order valence-electron chi connectivity index (χ2n) is 2.41. The van der Waals surface area contributed by atoms with Gasteiger partial charge in [0.25, 0.3) is 0 Å². The van der Waals surface area contributed by atoms with Gasteiger partial charge in [0, 0.05) is 0 Å². The minimum absolute atomic E-state index is 0.244. The van der Waals surface area contributed by atoms with Crippen molar-refractivity contribution in [2.45, 2.75) is 18.0 Å². The monoisotopic (exact) mass is 150 g/mol. The molecule has 60 valence electrons. The normalized spacial score (nSPS) is 48.0. The van der Waals surface area contributed by atoms with E-state index in [1.165, 1.54) is 0 Å². The predicted molar refractivity (Wildman–Crippen MR) is 30.0 cm³/mol. The zero-order valence-electron chi connectivity index (χ0n) is 5.27. The van der Waals surface area contributed by atoms with E-state index in [4.69, 9.17) is 20.4 Å². The first-order valence-corrected chi connectivity index (χ1v) is 2.91. The highest BCUT2D eigenvalue weighted by atomic mass is 16.6. The number of ether oxygens (including phenoxy) is 1. The fraction of sp³-hybridized carbons (Fsp3) is 1.00. The third kappa shape index (κ3) is 1.02. The summed E-state index contributed by atoms with van der Waals surface area (Å²) in [7, 11) is 0. The molecule has 4 N–H and O–H groups in total. The van der Waals surface area contributed by atoms with Crippen molar-refractivity contribution in [3.8, 4) is 0 Å². The Bertz CT molecular complexity index is 127. The summed E-state index contributed by atoms with van der Waals surface area (Å²) in [4.78, 5) is 0. The van der Waals surface area contributed by atoms with Gasteiger partial charge in [0.05, 0.1) is 13.2 Å². The molecule has 0 bridgehead atoms. The smallest absolute Gasteiger partial charge is 0.184 e. The molecule has 0 aromatic rings. The van der Waals surface area contributed by atoms with Crippen molar-refractivity contribution >= 4 is 0 Å². The van der Waals surface area contributed by atoms with Crippen LogP contribution in [0.25, 0.3) is 0 Å². The molecule has 5 heteroatoms. The van der Waals surface area contributed by atoms with Crippen molar-refractivity contribution in [3.63, 3.8) is 0 Å². The van der Waals surface area contributed by atoms with Crippen molar-refractivity contribution < 1.29 is 25.2 Å². The molecule has 1 heterocycles. The SMILES string of the molecule is OCC1(O)CO[C@@H](O)[C@@H]1O. The summed E-state index contributed by atoms with van der Waals surface area (Å²) < 4.78 is 4.47. The van der Waals surface area contributed by atoms with E-state index in [1.54, 1.807) is 0 Å². The van der Waals surface area contributed by atoms with Crippen molar-refractivity contribution in [3.05, 3.63) is 0 Å². The fourth-order valence-corrected chi connectivity index (χ4v) is 0.811. The molecule has 1 unspecified atom stereocenters. The Morgan fingerprint density at radius 2 is 2.10 bits per heavy atom. The lowest BCUT2D eigenvalue weighted by Crippen LogP contribution is -2.46. The first kappa shape index (κ1) is 7.90. The topological polar surface area (TPSA) is 90.2 Å². The Morgan fingerprint density at radius 3 is 2.30 bits per heavy atom. The zero-order valence-corrected chi connectivity index (χ0v) is 5.27. The van der Waals surface area contributed by atoms with E-state index in [0.29, 0.717) is 0 Å². The van der Waals surface area contributed by atoms with E-state index >= 15 is 0 Å². The summed E-state index contributed by atoms with van der Waals surface area (Å²) in [5.41, 5.74) is -1.70. The average Bonchev–Trinajstić information content (AvgIpc) is 2.19. The molecular weight excluding hydrogens is 140 g/mol. The third-order valence-electron chi connectivity index (χ3n) is 1.60. The summed E-state index contributed by atoms with van der Waals surface area (Å²) in [6.45, 7) is -0.864. The molecule has 1 fully saturated rings. The average molecular weight is 150 g/mol. The van der Waals surface area contributed by atoms with Crippen molar-refractivity contribution in [1.29, 1.82) is 0 Å². The Morgan fingerprint density at radius 1 is 1.50 bits per heavy atom. The number of hydrogen-bond donors (Lipinski definition) is 4. The van der Waals surface area contributed by atoms with Crippen LogP contribution in [-0.2, 0) is 4.74 Å². The highest BCUT2D eigenvalue weighted by Crippen LogP contribution is 2.22. The van der Waals surface area contributed by atoms with E-state index in [2.05, 4.69) is 4.74 Å². The highest BCUT2D eigenvalue weighted by molar-refractivity contribution is 4.92. The molecular formula is C5H10O5. The molecule has 1 aliphatic rings. The zero-order chi connectivity index (χ0) is 7.78. The van der Waals surface area contributed by atoms with Crippen LogP contribution in [0, 0.1) is 0 Å². The highest BCUT2D eigenvalue weighted by Gasteiger charge is 2.46. The summed E-state index contributed by atoms with van der Waals surface area (Å²) >= 11 is 0. The van der Waals surface area contributed by atoms with Crippen molar-refractivity contribution in [1.82, 2.24) is 0 Å². The van der Waals surface area contributed by atoms with E-state index in [-0.39, 0.29) is 6.61 Å². The van der Waals surface area contributed by atoms with Crippen LogP contribution in [0.2, 0.25) is 0 Å². The molecule has 0 spiro atoms. The van der Waals surface area contributed by atoms with Gasteiger partial charge in [0.15, 0.2) is 6.29 Å². The molecule has 0 saturated carbocycles. The predicted octanol–water partition coefficient (Wildman–Crippen LogP) is -2.58. The van der Waals surface area contributed by atoms with E-state index < -0.39 is 24.6 Å². The van der Waals surface area contributed by atoms with Gasteiger partial charge < -0.3 is 25.2 Å². The number of rotatable bonds is 1. The molecule has 1 aliphatic heterocycles. The molecule has 10 heavy (non-hydrogen) atoms. The molecule has 0 aromatic carbocycles. The second-order valence-corrected chi connectivity index (χ2v) is 2.41. The van der Waals surface area contributed by atoms with Gasteiger partial charge in [-0.2, -0.15) is 0 Å². The van der Waals surface area contributed by atoms with Gasteiger partial charge in [-0.05, 0) is 0 Å². The lowest BCUT2D eigenvalue weighted by molar-refractivity contribution is -0.128. The largest absolute Gasteiger partial charge is 0.393 e. The first-order valence-electron chi connectivity index (χ1n) is 2.91. The van der Waals surface area contributed by atoms with E-state index in [0.717, 1.165) is 0 Å². The van der Waals surface area contributed by atoms with Crippen molar-refractivity contribution in [2.24, 2.45) is 0 Å². The van der Waals surface area contributed by atoms with Crippen LogP contribution >= 0.6 is 0 Å². The molecule has 3 atom stereocenters. The van der Waals surface area contributed by atoms with Gasteiger partial charge in [-0.3, -0.25) is 0 Å². The number of hydrogen-bond acceptors (Lipinski definition) is 5. The van der Waals surface area contributed by atoms with Crippen LogP contribution in [0.1, 0.15) is 0 Å². The summed E-state index contributed by atoms with van der Waals surface area (Å²) in [5, 5.41) is 35.3. The molecule has 0 radical (unpaired) electrons. The van der Waals surface area contributed by atoms with Crippen LogP contribution in [0.5, 0.6) is 0 Å². The van der Waals surface area contributed by atoms with Crippen LogP contribution in [0.15, 0.2) is 0 Å². The van der Waals surface area contributed by atoms with E-state index in [9.17, 15) is 0 Å². The fourth-order valence-electron chi connectivity index (χ4n) is 0.811. The maximum Gasteiger partial charge on any atom is 0.184 e. The van der Waals surface area contributed by atoms with Gasteiger partial charge >= 0.3 is 0 Å². The molecule has 1 rings (SSSR count). The summed E-state index contributed by atoms with van der Waals surface area (Å²) in [5.74, 6) is 0. The maximum atomic E-state index is 9.15. The second kappa shape index (κ2) is 2.44. The lowest BCUT2D eigenvalue weighted by atomic mass is 10.0. The van der Waals surface area contributed by atoms with Crippen LogP contribution in [0.3, 0.4) is 0 Å². The number of aliphatic hydroxyl groups excluding tert-OH is 3. The van der Waals surface area contributed by atoms with Crippen LogP contribution < -0.4 is 0 Å². The minimum Gasteiger partial charge on any atom is -0.393 e.